The van der Waals surface area contributed by atoms with Crippen LogP contribution in [0.3, 0.4) is 0 Å². The summed E-state index contributed by atoms with van der Waals surface area (Å²) in [5, 5.41) is 5.31. The highest BCUT2D eigenvalue weighted by Gasteiger charge is 2.19. The molecule has 0 saturated heterocycles. The minimum atomic E-state index is -1.18. The number of hydrogen-bond acceptors (Lipinski definition) is 4. The summed E-state index contributed by atoms with van der Waals surface area (Å²) in [6, 6.07) is 26.0. The third-order valence-corrected chi connectivity index (χ3v) is 6.30. The van der Waals surface area contributed by atoms with Crippen molar-refractivity contribution in [2.75, 3.05) is 12.0 Å². The average molecular weight is 521 g/mol. The van der Waals surface area contributed by atoms with Crippen molar-refractivity contribution in [3.05, 3.63) is 126 Å². The Kier molecular flexibility index (Phi) is 6.95. The van der Waals surface area contributed by atoms with Crippen LogP contribution in [0.4, 0.5) is 10.1 Å². The molecule has 0 fully saturated rings. The Hall–Kier alpha value is -5.04. The number of anilines is 1. The monoisotopic (exact) mass is 520 g/mol. The largest absolute Gasteiger partial charge is 0.466 e. The Morgan fingerprint density at radius 2 is 1.74 bits per heavy atom. The molecule has 1 atom stereocenters. The summed E-state index contributed by atoms with van der Waals surface area (Å²) in [4.78, 5) is 26.5. The van der Waals surface area contributed by atoms with Crippen molar-refractivity contribution in [2.45, 2.75) is 6.52 Å². The minimum Gasteiger partial charge on any atom is -0.466 e. The molecule has 5 rings (SSSR count). The van der Waals surface area contributed by atoms with E-state index in [4.69, 9.17) is 1.37 Å². The smallest absolute Gasteiger partial charge is 0.330 e. The zero-order valence-electron chi connectivity index (χ0n) is 22.4. The Morgan fingerprint density at radius 3 is 2.49 bits per heavy atom. The van der Waals surface area contributed by atoms with Crippen molar-refractivity contribution >= 4 is 34.5 Å². The lowest BCUT2D eigenvalue weighted by molar-refractivity contribution is -0.134. The van der Waals surface area contributed by atoms with Crippen molar-refractivity contribution in [1.82, 2.24) is 9.78 Å². The van der Waals surface area contributed by atoms with Gasteiger partial charge in [0, 0.05) is 29.8 Å². The molecule has 1 amide bonds. The first-order valence-electron chi connectivity index (χ1n) is 12.8. The van der Waals surface area contributed by atoms with E-state index >= 15 is 0 Å². The lowest BCUT2D eigenvalue weighted by Gasteiger charge is -2.24. The number of hydrogen-bond donors (Lipinski definition) is 0. The van der Waals surface area contributed by atoms with Crippen molar-refractivity contribution in [3.8, 4) is 11.1 Å². The van der Waals surface area contributed by atoms with Crippen LogP contribution in [0.15, 0.2) is 103 Å². The van der Waals surface area contributed by atoms with Crippen LogP contribution in [-0.2, 0) is 23.1 Å². The number of amides is 1. The quantitative estimate of drug-likeness (QED) is 0.184. The van der Waals surface area contributed by atoms with Gasteiger partial charge in [0.15, 0.2) is 0 Å². The molecule has 0 bridgehead atoms. The molecule has 0 aliphatic rings. The highest BCUT2D eigenvalue weighted by Crippen LogP contribution is 2.27. The predicted octanol–water partition coefficient (Wildman–Crippen LogP) is 6.41. The molecule has 7 heteroatoms. The van der Waals surface area contributed by atoms with Gasteiger partial charge in [-0.3, -0.25) is 9.48 Å². The molecule has 39 heavy (non-hydrogen) atoms. The second-order valence-corrected chi connectivity index (χ2v) is 8.93. The van der Waals surface area contributed by atoms with Gasteiger partial charge in [-0.25, -0.2) is 9.18 Å². The van der Waals surface area contributed by atoms with Crippen LogP contribution in [0.25, 0.3) is 28.1 Å². The van der Waals surface area contributed by atoms with E-state index in [0.29, 0.717) is 16.7 Å². The summed E-state index contributed by atoms with van der Waals surface area (Å²) in [6.45, 7) is -1.18. The molecule has 1 aromatic heterocycles. The van der Waals surface area contributed by atoms with Crippen molar-refractivity contribution < 1.29 is 20.1 Å². The van der Waals surface area contributed by atoms with Gasteiger partial charge in [-0.15, -0.1) is 0 Å². The van der Waals surface area contributed by atoms with Crippen molar-refractivity contribution in [3.63, 3.8) is 0 Å². The number of benzene rings is 4. The first kappa shape index (κ1) is 24.3. The Bertz CT molecular complexity index is 1720. The highest BCUT2D eigenvalue weighted by atomic mass is 19.1. The molecule has 1 unspecified atom stereocenters. The molecule has 0 spiro atoms. The normalized spacial score (nSPS) is 12.3. The molecule has 0 N–H and O–H groups in total. The number of nitrogens with zero attached hydrogens (tertiary/aromatic N) is 3. The Labute approximate surface area is 227 Å². The Morgan fingerprint density at radius 1 is 1.00 bits per heavy atom. The van der Waals surface area contributed by atoms with Crippen molar-refractivity contribution in [1.29, 1.82) is 0 Å². The van der Waals surface area contributed by atoms with Crippen molar-refractivity contribution in [2.24, 2.45) is 7.05 Å². The number of halogens is 1. The molecule has 5 aromatic rings. The Balaban J connectivity index is 1.51. The molecule has 4 aromatic carbocycles. The molecule has 0 radical (unpaired) electrons. The lowest BCUT2D eigenvalue weighted by atomic mass is 10.0. The van der Waals surface area contributed by atoms with Crippen LogP contribution < -0.4 is 4.90 Å². The van der Waals surface area contributed by atoms with E-state index in [9.17, 15) is 14.0 Å². The number of carbonyl (C=O) groups excluding carboxylic acids is 2. The van der Waals surface area contributed by atoms with E-state index in [-0.39, 0.29) is 5.69 Å². The summed E-state index contributed by atoms with van der Waals surface area (Å²) in [7, 11) is 3.14. The first-order chi connectivity index (χ1) is 19.3. The van der Waals surface area contributed by atoms with Crippen LogP contribution in [0.1, 0.15) is 22.9 Å². The van der Waals surface area contributed by atoms with Gasteiger partial charge in [0.1, 0.15) is 5.82 Å². The maximum absolute atomic E-state index is 14.7. The van der Waals surface area contributed by atoms with Crippen LogP contribution in [0, 0.1) is 5.82 Å². The number of carbonyl (C=O) groups is 2. The molecule has 0 aliphatic heterocycles. The second kappa shape index (κ2) is 11.1. The zero-order chi connectivity index (χ0) is 28.2. The number of fused-ring (bicyclic) bond motifs is 1. The topological polar surface area (TPSA) is 64.4 Å². The van der Waals surface area contributed by atoms with Gasteiger partial charge in [0.25, 0.3) is 5.91 Å². The molecule has 0 saturated carbocycles. The van der Waals surface area contributed by atoms with Crippen LogP contribution in [0.5, 0.6) is 0 Å². The fourth-order valence-electron chi connectivity index (χ4n) is 4.29. The van der Waals surface area contributed by atoms with Gasteiger partial charge >= 0.3 is 5.97 Å². The zero-order valence-corrected chi connectivity index (χ0v) is 21.4. The minimum absolute atomic E-state index is 0.185. The summed E-state index contributed by atoms with van der Waals surface area (Å²) in [6.07, 6.45) is 4.38. The van der Waals surface area contributed by atoms with E-state index in [1.807, 2.05) is 42.2 Å². The number of rotatable bonds is 7. The number of ether oxygens (including phenoxy) is 1. The molecule has 0 aliphatic carbocycles. The highest BCUT2D eigenvalue weighted by molar-refractivity contribution is 6.06. The number of esters is 1. The molecule has 1 heterocycles. The summed E-state index contributed by atoms with van der Waals surface area (Å²) >= 11 is 0. The SMILES string of the molecule is [2H]C(c1ccc(-c2ccc3c(cnn3C)c2)cc1)N(C(=O)c1ccccc1)c1cc(F)cc(/C=C/C(=O)OC)c1. The second-order valence-electron chi connectivity index (χ2n) is 8.93. The molecule has 194 valence electrons. The standard InChI is InChI=1S/C32H26FN3O3/c1-35-30-14-13-26(18-27(30)20-34-35)24-11-8-22(9-12-24)21-36(32(38)25-6-4-3-5-7-25)29-17-23(16-28(33)19-29)10-15-31(37)39-2/h3-20H,21H2,1-2H3/b15-10+/i21D. The van der Waals surface area contributed by atoms with Gasteiger partial charge in [-0.2, -0.15) is 5.10 Å². The fourth-order valence-corrected chi connectivity index (χ4v) is 4.29. The summed E-state index contributed by atoms with van der Waals surface area (Å²) < 4.78 is 30.2. The van der Waals surface area contributed by atoms with Gasteiger partial charge in [0.2, 0.25) is 0 Å². The van der Waals surface area contributed by atoms with Crippen LogP contribution in [-0.4, -0.2) is 28.8 Å². The fraction of sp³-hybridized carbons (Fsp3) is 0.0938. The third-order valence-electron chi connectivity index (χ3n) is 6.30. The van der Waals surface area contributed by atoms with Gasteiger partial charge in [-0.1, -0.05) is 48.5 Å². The number of aryl methyl sites for hydroxylation is 1. The van der Waals surface area contributed by atoms with Gasteiger partial charge in [-0.05, 0) is 70.8 Å². The number of methoxy groups -OCH3 is 1. The summed E-state index contributed by atoms with van der Waals surface area (Å²) in [5.41, 5.74) is 4.41. The third kappa shape index (κ3) is 5.78. The first-order valence-corrected chi connectivity index (χ1v) is 12.2. The van der Waals surface area contributed by atoms with Gasteiger partial charge < -0.3 is 9.64 Å². The number of aromatic nitrogens is 2. The van der Waals surface area contributed by atoms with Crippen LogP contribution in [0.2, 0.25) is 0 Å². The van der Waals surface area contributed by atoms with E-state index in [0.717, 1.165) is 22.0 Å². The maximum Gasteiger partial charge on any atom is 0.330 e. The maximum atomic E-state index is 14.7. The lowest BCUT2D eigenvalue weighted by Crippen LogP contribution is -2.30. The predicted molar refractivity (Wildman–Crippen MR) is 151 cm³/mol. The molecular formula is C32H26FN3O3. The summed E-state index contributed by atoms with van der Waals surface area (Å²) in [5.74, 6) is -1.66. The van der Waals surface area contributed by atoms with E-state index in [1.165, 1.54) is 36.3 Å². The molecular weight excluding hydrogens is 493 g/mol. The van der Waals surface area contributed by atoms with E-state index < -0.39 is 24.2 Å². The van der Waals surface area contributed by atoms with Crippen LogP contribution >= 0.6 is 0 Å². The average Bonchev–Trinajstić information content (AvgIpc) is 3.36. The molecule has 6 nitrogen and oxygen atoms in total. The van der Waals surface area contributed by atoms with Gasteiger partial charge in [0.05, 0.1) is 26.7 Å². The van der Waals surface area contributed by atoms with E-state index in [1.54, 1.807) is 48.5 Å². The van der Waals surface area contributed by atoms with E-state index in [2.05, 4.69) is 15.9 Å².